The third-order valence-corrected chi connectivity index (χ3v) is 3.88. The molecule has 0 N–H and O–H groups in total. The first-order valence-electron chi connectivity index (χ1n) is 7.10. The summed E-state index contributed by atoms with van der Waals surface area (Å²) in [5.74, 6) is 0.114. The van der Waals surface area contributed by atoms with E-state index in [1.165, 1.54) is 0 Å². The number of likely N-dealkylation sites (tertiary alicyclic amines) is 1. The van der Waals surface area contributed by atoms with Crippen molar-refractivity contribution in [1.29, 1.82) is 0 Å². The fourth-order valence-electron chi connectivity index (χ4n) is 2.43. The van der Waals surface area contributed by atoms with Crippen molar-refractivity contribution in [3.05, 3.63) is 24.0 Å². The molecule has 1 atom stereocenters. The van der Waals surface area contributed by atoms with Crippen LogP contribution in [0, 0.1) is 5.92 Å². The predicted molar refractivity (Wildman–Crippen MR) is 75.3 cm³/mol. The summed E-state index contributed by atoms with van der Waals surface area (Å²) < 4.78 is 6.95. The summed E-state index contributed by atoms with van der Waals surface area (Å²) in [7, 11) is 1.77. The minimum absolute atomic E-state index is 0.0977. The molecule has 110 valence electrons. The van der Waals surface area contributed by atoms with Crippen LogP contribution in [-0.4, -0.2) is 40.5 Å². The Morgan fingerprint density at radius 2 is 2.00 bits per heavy atom. The number of nitrogens with zero attached hydrogens (tertiary/aromatic N) is 2. The Bertz CT molecular complexity index is 487. The molecule has 0 bridgehead atoms. The van der Waals surface area contributed by atoms with E-state index in [0.29, 0.717) is 11.6 Å². The summed E-state index contributed by atoms with van der Waals surface area (Å²) >= 11 is 0. The molecule has 0 radical (unpaired) electrons. The molecule has 0 spiro atoms. The van der Waals surface area contributed by atoms with Crippen LogP contribution in [0.15, 0.2) is 18.3 Å². The summed E-state index contributed by atoms with van der Waals surface area (Å²) in [6, 6.07) is 3.46. The minimum atomic E-state index is -0.731. The first kappa shape index (κ1) is 14.6. The Morgan fingerprint density at radius 1 is 1.35 bits per heavy atom. The molecule has 1 aliphatic heterocycles. The SMILES string of the molecule is CC1CCN(C(=O)[C@H](C)OC(=O)c2cccn2C)CC1. The second-order valence-corrected chi connectivity index (χ2v) is 5.56. The van der Waals surface area contributed by atoms with Crippen molar-refractivity contribution in [2.75, 3.05) is 13.1 Å². The largest absolute Gasteiger partial charge is 0.448 e. The van der Waals surface area contributed by atoms with Crippen LogP contribution in [0.1, 0.15) is 37.2 Å². The van der Waals surface area contributed by atoms with Crippen molar-refractivity contribution in [2.24, 2.45) is 13.0 Å². The predicted octanol–water partition coefficient (Wildman–Crippen LogP) is 1.83. The second kappa shape index (κ2) is 6.11. The molecular formula is C15H22N2O3. The van der Waals surface area contributed by atoms with Gasteiger partial charge in [0.15, 0.2) is 6.10 Å². The van der Waals surface area contributed by atoms with E-state index in [1.54, 1.807) is 41.8 Å². The Morgan fingerprint density at radius 3 is 2.55 bits per heavy atom. The smallest absolute Gasteiger partial charge is 0.355 e. The fraction of sp³-hybridized carbons (Fsp3) is 0.600. The van der Waals surface area contributed by atoms with Gasteiger partial charge in [-0.15, -0.1) is 0 Å². The molecule has 5 nitrogen and oxygen atoms in total. The average Bonchev–Trinajstić information content (AvgIpc) is 2.85. The number of amides is 1. The van der Waals surface area contributed by atoms with E-state index in [1.807, 2.05) is 0 Å². The molecule has 5 heteroatoms. The van der Waals surface area contributed by atoms with Gasteiger partial charge in [-0.05, 0) is 37.8 Å². The fourth-order valence-corrected chi connectivity index (χ4v) is 2.43. The normalized spacial score (nSPS) is 17.9. The van der Waals surface area contributed by atoms with Gasteiger partial charge in [0.05, 0.1) is 0 Å². The molecule has 1 saturated heterocycles. The van der Waals surface area contributed by atoms with E-state index in [-0.39, 0.29) is 5.91 Å². The first-order chi connectivity index (χ1) is 9.49. The van der Waals surface area contributed by atoms with Crippen LogP contribution in [0.5, 0.6) is 0 Å². The summed E-state index contributed by atoms with van der Waals surface area (Å²) in [6.07, 6.45) is 3.08. The number of carbonyl (C=O) groups is 2. The molecule has 0 saturated carbocycles. The van der Waals surface area contributed by atoms with Crippen LogP contribution in [0.25, 0.3) is 0 Å². The van der Waals surface area contributed by atoms with E-state index in [2.05, 4.69) is 6.92 Å². The molecule has 1 aromatic heterocycles. The van der Waals surface area contributed by atoms with Crippen molar-refractivity contribution in [2.45, 2.75) is 32.8 Å². The van der Waals surface area contributed by atoms with Crippen LogP contribution in [-0.2, 0) is 16.6 Å². The quantitative estimate of drug-likeness (QED) is 0.793. The lowest BCUT2D eigenvalue weighted by Gasteiger charge is -2.31. The number of piperidine rings is 1. The van der Waals surface area contributed by atoms with E-state index in [9.17, 15) is 9.59 Å². The van der Waals surface area contributed by atoms with Crippen LogP contribution in [0.2, 0.25) is 0 Å². The number of carbonyl (C=O) groups excluding carboxylic acids is 2. The van der Waals surface area contributed by atoms with Crippen molar-refractivity contribution in [3.63, 3.8) is 0 Å². The number of hydrogen-bond donors (Lipinski definition) is 0. The molecule has 1 fully saturated rings. The summed E-state index contributed by atoms with van der Waals surface area (Å²) in [6.45, 7) is 5.35. The van der Waals surface area contributed by atoms with E-state index >= 15 is 0 Å². The number of esters is 1. The van der Waals surface area contributed by atoms with Crippen molar-refractivity contribution >= 4 is 11.9 Å². The third-order valence-electron chi connectivity index (χ3n) is 3.88. The van der Waals surface area contributed by atoms with Gasteiger partial charge in [0, 0.05) is 26.3 Å². The lowest BCUT2D eigenvalue weighted by molar-refractivity contribution is -0.141. The maximum Gasteiger partial charge on any atom is 0.355 e. The molecule has 2 rings (SSSR count). The minimum Gasteiger partial charge on any atom is -0.448 e. The van der Waals surface area contributed by atoms with Gasteiger partial charge in [-0.25, -0.2) is 4.79 Å². The van der Waals surface area contributed by atoms with Gasteiger partial charge in [-0.1, -0.05) is 6.92 Å². The molecule has 1 aliphatic rings. The Kier molecular flexibility index (Phi) is 4.47. The van der Waals surface area contributed by atoms with Gasteiger partial charge in [0.25, 0.3) is 5.91 Å². The topological polar surface area (TPSA) is 51.5 Å². The number of ether oxygens (including phenoxy) is 1. The van der Waals surface area contributed by atoms with Crippen molar-refractivity contribution in [3.8, 4) is 0 Å². The molecule has 1 aromatic rings. The van der Waals surface area contributed by atoms with Gasteiger partial charge >= 0.3 is 5.97 Å². The number of aryl methyl sites for hydroxylation is 1. The maximum atomic E-state index is 12.2. The molecule has 0 unspecified atom stereocenters. The van der Waals surface area contributed by atoms with Crippen LogP contribution in [0.3, 0.4) is 0 Å². The van der Waals surface area contributed by atoms with Gasteiger partial charge in [0.1, 0.15) is 5.69 Å². The highest BCUT2D eigenvalue weighted by molar-refractivity contribution is 5.91. The van der Waals surface area contributed by atoms with Gasteiger partial charge < -0.3 is 14.2 Å². The summed E-state index contributed by atoms with van der Waals surface area (Å²) in [5.41, 5.74) is 0.455. The Balaban J connectivity index is 1.91. The van der Waals surface area contributed by atoms with Crippen LogP contribution in [0.4, 0.5) is 0 Å². The van der Waals surface area contributed by atoms with Gasteiger partial charge in [0.2, 0.25) is 0 Å². The molecule has 1 amide bonds. The monoisotopic (exact) mass is 278 g/mol. The zero-order valence-corrected chi connectivity index (χ0v) is 12.3. The Hall–Kier alpha value is -1.78. The molecule has 2 heterocycles. The van der Waals surface area contributed by atoms with Crippen molar-refractivity contribution in [1.82, 2.24) is 9.47 Å². The van der Waals surface area contributed by atoms with Crippen LogP contribution < -0.4 is 0 Å². The highest BCUT2D eigenvalue weighted by Gasteiger charge is 2.27. The van der Waals surface area contributed by atoms with Crippen molar-refractivity contribution < 1.29 is 14.3 Å². The zero-order valence-electron chi connectivity index (χ0n) is 12.3. The second-order valence-electron chi connectivity index (χ2n) is 5.56. The summed E-state index contributed by atoms with van der Waals surface area (Å²) in [4.78, 5) is 26.0. The highest BCUT2D eigenvalue weighted by Crippen LogP contribution is 2.17. The molecule has 20 heavy (non-hydrogen) atoms. The Labute approximate surface area is 119 Å². The third kappa shape index (κ3) is 3.21. The first-order valence-corrected chi connectivity index (χ1v) is 7.10. The molecular weight excluding hydrogens is 256 g/mol. The number of hydrogen-bond acceptors (Lipinski definition) is 3. The maximum absolute atomic E-state index is 12.2. The van der Waals surface area contributed by atoms with E-state index in [4.69, 9.17) is 4.74 Å². The van der Waals surface area contributed by atoms with Gasteiger partial charge in [-0.3, -0.25) is 4.79 Å². The highest BCUT2D eigenvalue weighted by atomic mass is 16.5. The van der Waals surface area contributed by atoms with E-state index < -0.39 is 12.1 Å². The number of rotatable bonds is 3. The summed E-state index contributed by atoms with van der Waals surface area (Å²) in [5, 5.41) is 0. The zero-order chi connectivity index (χ0) is 14.7. The molecule has 0 aliphatic carbocycles. The lowest BCUT2D eigenvalue weighted by atomic mass is 9.99. The van der Waals surface area contributed by atoms with E-state index in [0.717, 1.165) is 25.9 Å². The average molecular weight is 278 g/mol. The standard InChI is InChI=1S/C15H22N2O3/c1-11-6-9-17(10-7-11)14(18)12(2)20-15(19)13-5-4-8-16(13)3/h4-5,8,11-12H,6-7,9-10H2,1-3H3/t12-/m0/s1. The lowest BCUT2D eigenvalue weighted by Crippen LogP contribution is -2.44. The van der Waals surface area contributed by atoms with Gasteiger partial charge in [-0.2, -0.15) is 0 Å². The number of aromatic nitrogens is 1. The van der Waals surface area contributed by atoms with Crippen LogP contribution >= 0.6 is 0 Å². The molecule has 0 aromatic carbocycles.